The number of nitrogens with zero attached hydrogens (tertiary/aromatic N) is 5. The van der Waals surface area contributed by atoms with E-state index in [-0.39, 0.29) is 16.3 Å². The number of fused-ring (bicyclic) bond motifs is 1. The average molecular weight is 761 g/mol. The number of azo groups is 2. The van der Waals surface area contributed by atoms with Crippen LogP contribution in [0.2, 0.25) is 0 Å². The Kier molecular flexibility index (Phi) is 10.1. The smallest absolute Gasteiger partial charge is 0.397 e. The van der Waals surface area contributed by atoms with E-state index in [9.17, 15) is 58.0 Å². The van der Waals surface area contributed by atoms with Crippen LogP contribution in [0.3, 0.4) is 0 Å². The van der Waals surface area contributed by atoms with Gasteiger partial charge in [0, 0.05) is 12.1 Å². The lowest BCUT2D eigenvalue weighted by Gasteiger charge is -2.14. The predicted octanol–water partition coefficient (Wildman–Crippen LogP) is 3.95. The van der Waals surface area contributed by atoms with Gasteiger partial charge in [-0.2, -0.15) is 35.5 Å². The highest BCUT2D eigenvalue weighted by Gasteiger charge is 2.28. The average Bonchev–Trinajstić information content (AvgIpc) is 2.98. The maximum absolute atomic E-state index is 12.4. The Morgan fingerprint density at radius 1 is 0.755 bits per heavy atom. The SMILES string of the molecule is Nc1c(N=Nc2ccc(S(=O)(=O)CCOS(=O)(=O)O)cc2)c(S(=O)(=O)O)cc2cc(S(=O)(=O)O)c(N=Nc3cccc([N+](=O)[O-])c3)c(O)c12. The molecular formula is C24H20N6O15S4. The topological polar surface area (TPSA) is 345 Å². The number of phenols is 1. The van der Waals surface area contributed by atoms with Crippen LogP contribution in [0.5, 0.6) is 5.75 Å². The summed E-state index contributed by atoms with van der Waals surface area (Å²) >= 11 is 0. The van der Waals surface area contributed by atoms with Crippen LogP contribution in [0.1, 0.15) is 0 Å². The molecule has 0 aliphatic rings. The van der Waals surface area contributed by atoms with Gasteiger partial charge in [0.2, 0.25) is 0 Å². The molecule has 0 saturated carbocycles. The first-order valence-corrected chi connectivity index (χ1v) is 18.6. The van der Waals surface area contributed by atoms with Crippen molar-refractivity contribution in [3.8, 4) is 5.75 Å². The summed E-state index contributed by atoms with van der Waals surface area (Å²) in [4.78, 5) is 7.87. The van der Waals surface area contributed by atoms with Gasteiger partial charge < -0.3 is 10.8 Å². The quantitative estimate of drug-likeness (QED) is 0.0448. The van der Waals surface area contributed by atoms with E-state index in [1.165, 1.54) is 12.1 Å². The van der Waals surface area contributed by atoms with Crippen LogP contribution in [0.15, 0.2) is 95.8 Å². The second-order valence-corrected chi connectivity index (χ2v) is 15.5. The monoisotopic (exact) mass is 760 g/mol. The van der Waals surface area contributed by atoms with Crippen LogP contribution in [-0.4, -0.2) is 69.7 Å². The Morgan fingerprint density at radius 2 is 1.31 bits per heavy atom. The van der Waals surface area contributed by atoms with Crippen LogP contribution in [-0.2, 0) is 44.7 Å². The largest absolute Gasteiger partial charge is 0.505 e. The molecule has 4 aromatic carbocycles. The van der Waals surface area contributed by atoms with Crippen molar-refractivity contribution in [3.05, 3.63) is 70.8 Å². The van der Waals surface area contributed by atoms with Crippen LogP contribution < -0.4 is 5.73 Å². The highest BCUT2D eigenvalue weighted by molar-refractivity contribution is 7.91. The van der Waals surface area contributed by atoms with Crippen LogP contribution >= 0.6 is 0 Å². The van der Waals surface area contributed by atoms with Crippen molar-refractivity contribution in [2.75, 3.05) is 18.1 Å². The van der Waals surface area contributed by atoms with Gasteiger partial charge in [-0.1, -0.05) is 6.07 Å². The molecule has 4 aromatic rings. The third-order valence-corrected chi connectivity index (χ3v) is 10.1. The second-order valence-electron chi connectivity index (χ2n) is 9.50. The van der Waals surface area contributed by atoms with Gasteiger partial charge in [-0.3, -0.25) is 23.8 Å². The molecule has 260 valence electrons. The minimum absolute atomic E-state index is 0.119. The molecule has 4 rings (SSSR count). The van der Waals surface area contributed by atoms with E-state index in [4.69, 9.17) is 10.3 Å². The van der Waals surface area contributed by atoms with Gasteiger partial charge in [-0.05, 0) is 47.9 Å². The van der Waals surface area contributed by atoms with Gasteiger partial charge in [0.1, 0.15) is 21.2 Å². The van der Waals surface area contributed by atoms with E-state index in [1.54, 1.807) is 0 Å². The van der Waals surface area contributed by atoms with E-state index in [0.29, 0.717) is 12.1 Å². The Labute approximate surface area is 275 Å². The number of hydrogen-bond donors (Lipinski definition) is 5. The maximum Gasteiger partial charge on any atom is 0.397 e. The third-order valence-electron chi connectivity index (χ3n) is 6.22. The molecule has 0 saturated heterocycles. The van der Waals surface area contributed by atoms with E-state index in [2.05, 4.69) is 24.6 Å². The summed E-state index contributed by atoms with van der Waals surface area (Å²) in [6, 6.07) is 10.1. The number of benzene rings is 4. The third kappa shape index (κ3) is 8.72. The van der Waals surface area contributed by atoms with Crippen molar-refractivity contribution in [1.29, 1.82) is 0 Å². The number of non-ortho nitro benzene ring substituents is 1. The lowest BCUT2D eigenvalue weighted by molar-refractivity contribution is -0.384. The number of nitro benzene ring substituents is 1. The molecule has 0 amide bonds. The number of nitro groups is 1. The van der Waals surface area contributed by atoms with Gasteiger partial charge in [-0.15, -0.1) is 10.2 Å². The Balaban J connectivity index is 1.83. The molecule has 0 heterocycles. The van der Waals surface area contributed by atoms with E-state index in [0.717, 1.165) is 36.4 Å². The number of nitrogen functional groups attached to an aromatic ring is 1. The van der Waals surface area contributed by atoms with E-state index >= 15 is 0 Å². The molecule has 25 heteroatoms. The Hall–Kier alpha value is -5.02. The summed E-state index contributed by atoms with van der Waals surface area (Å²) in [6.45, 7) is -0.890. The highest BCUT2D eigenvalue weighted by atomic mass is 32.3. The number of nitrogens with two attached hydrogens (primary N) is 1. The van der Waals surface area contributed by atoms with Crippen molar-refractivity contribution in [2.24, 2.45) is 20.5 Å². The molecule has 6 N–H and O–H groups in total. The number of phenolic OH excluding ortho intramolecular Hbond substituents is 1. The first-order valence-electron chi connectivity index (χ1n) is 12.7. The summed E-state index contributed by atoms with van der Waals surface area (Å²) in [6.07, 6.45) is 0. The first-order chi connectivity index (χ1) is 22.6. The van der Waals surface area contributed by atoms with Gasteiger partial charge >= 0.3 is 10.4 Å². The molecule has 0 bridgehead atoms. The van der Waals surface area contributed by atoms with Gasteiger partial charge in [0.05, 0.1) is 44.6 Å². The molecule has 21 nitrogen and oxygen atoms in total. The molecule has 0 aliphatic carbocycles. The van der Waals surface area contributed by atoms with Crippen LogP contribution in [0.25, 0.3) is 10.8 Å². The van der Waals surface area contributed by atoms with Crippen LogP contribution in [0, 0.1) is 10.1 Å². The van der Waals surface area contributed by atoms with Gasteiger partial charge in [-0.25, -0.2) is 12.6 Å². The van der Waals surface area contributed by atoms with E-state index < -0.39 is 107 Å². The molecule has 0 spiro atoms. The number of sulfone groups is 1. The second kappa shape index (κ2) is 13.5. The minimum atomic E-state index is -5.22. The Bertz CT molecular complexity index is 2500. The molecule has 0 aliphatic heterocycles. The molecule has 0 atom stereocenters. The summed E-state index contributed by atoms with van der Waals surface area (Å²) in [5.41, 5.74) is 3.00. The van der Waals surface area contributed by atoms with Crippen molar-refractivity contribution >= 4 is 85.4 Å². The number of anilines is 1. The molecule has 0 radical (unpaired) electrons. The normalized spacial score (nSPS) is 13.0. The molecule has 0 unspecified atom stereocenters. The summed E-state index contributed by atoms with van der Waals surface area (Å²) in [5.74, 6) is -1.92. The zero-order valence-corrected chi connectivity index (χ0v) is 27.2. The molecular weight excluding hydrogens is 741 g/mol. The molecule has 0 fully saturated rings. The fraction of sp³-hybridized carbons (Fsp3) is 0.0833. The predicted molar refractivity (Wildman–Crippen MR) is 167 cm³/mol. The Morgan fingerprint density at radius 3 is 1.86 bits per heavy atom. The number of aromatic hydroxyl groups is 1. The standard InChI is InChI=1S/C24H20N6O15S4/c25-21-20-13(11-19(48(39,40)41)23(24(20)31)29-27-15-2-1-3-16(12-15)30(32)33)10-18(47(36,37)38)22(21)28-26-14-4-6-17(7-5-14)46(34,35)9-8-45-49(42,43)44/h1-7,10-12,31H,8-9,25H2,(H,36,37,38)(H,39,40,41)(H,42,43,44). The molecule has 0 aromatic heterocycles. The lowest BCUT2D eigenvalue weighted by atomic mass is 10.1. The van der Waals surface area contributed by atoms with E-state index in [1.807, 2.05) is 0 Å². The molecule has 49 heavy (non-hydrogen) atoms. The van der Waals surface area contributed by atoms with Crippen LogP contribution in [0.4, 0.5) is 34.1 Å². The van der Waals surface area contributed by atoms with Gasteiger partial charge in [0.15, 0.2) is 15.6 Å². The van der Waals surface area contributed by atoms with Gasteiger partial charge in [0.25, 0.3) is 25.9 Å². The first kappa shape index (κ1) is 36.8. The fourth-order valence-electron chi connectivity index (χ4n) is 4.08. The summed E-state index contributed by atoms with van der Waals surface area (Å²) in [5, 5.41) is 36.0. The zero-order valence-electron chi connectivity index (χ0n) is 23.9. The lowest BCUT2D eigenvalue weighted by Crippen LogP contribution is -2.15. The number of hydrogen-bond acceptors (Lipinski definition) is 17. The minimum Gasteiger partial charge on any atom is -0.505 e. The highest BCUT2D eigenvalue weighted by Crippen LogP contribution is 2.48. The zero-order chi connectivity index (χ0) is 36.5. The fourth-order valence-corrected chi connectivity index (χ4v) is 6.89. The summed E-state index contributed by atoms with van der Waals surface area (Å²) < 4.78 is 127. The summed E-state index contributed by atoms with van der Waals surface area (Å²) in [7, 11) is -19.4. The van der Waals surface area contributed by atoms with Crippen molar-refractivity contribution in [3.63, 3.8) is 0 Å². The van der Waals surface area contributed by atoms with Crippen molar-refractivity contribution < 1.29 is 61.5 Å². The van der Waals surface area contributed by atoms with Crippen molar-refractivity contribution in [1.82, 2.24) is 0 Å². The van der Waals surface area contributed by atoms with Crippen molar-refractivity contribution in [2.45, 2.75) is 14.7 Å². The number of rotatable bonds is 12. The maximum atomic E-state index is 12.4.